The third-order valence-electron chi connectivity index (χ3n) is 5.01. The average Bonchev–Trinajstić information content (AvgIpc) is 2.70. The number of guanidine groups is 1. The zero-order valence-electron chi connectivity index (χ0n) is 18.0. The van der Waals surface area contributed by atoms with Crippen molar-refractivity contribution < 1.29 is 4.74 Å². The number of aliphatic imine (C=N–C) groups is 1. The molecule has 0 saturated carbocycles. The Kier molecular flexibility index (Phi) is 10.9. The lowest BCUT2D eigenvalue weighted by molar-refractivity contribution is 0.126. The van der Waals surface area contributed by atoms with Gasteiger partial charge in [-0.3, -0.25) is 9.89 Å². The van der Waals surface area contributed by atoms with Crippen molar-refractivity contribution in [2.24, 2.45) is 4.99 Å². The number of piperazine rings is 1. The van der Waals surface area contributed by atoms with Crippen LogP contribution in [0.3, 0.4) is 0 Å². The summed E-state index contributed by atoms with van der Waals surface area (Å²) in [5, 5.41) is 6.69. The quantitative estimate of drug-likeness (QED) is 0.345. The molecule has 0 aromatic heterocycles. The Balaban J connectivity index is 1.59. The predicted octanol–water partition coefficient (Wildman–Crippen LogP) is 2.17. The van der Waals surface area contributed by atoms with Gasteiger partial charge in [0.05, 0.1) is 6.61 Å². The van der Waals surface area contributed by atoms with Crippen molar-refractivity contribution in [1.29, 1.82) is 0 Å². The minimum absolute atomic E-state index is 0.259. The lowest BCUT2D eigenvalue weighted by Gasteiger charge is -2.34. The second-order valence-corrected chi connectivity index (χ2v) is 7.57. The summed E-state index contributed by atoms with van der Waals surface area (Å²) in [6.07, 6.45) is 2.33. The topological polar surface area (TPSA) is 52.1 Å². The monoisotopic (exact) mass is 389 g/mol. The maximum Gasteiger partial charge on any atom is 0.191 e. The summed E-state index contributed by atoms with van der Waals surface area (Å²) in [4.78, 5) is 9.84. The second-order valence-electron chi connectivity index (χ2n) is 7.57. The highest BCUT2D eigenvalue weighted by molar-refractivity contribution is 5.80. The molecule has 1 atom stereocenters. The van der Waals surface area contributed by atoms with Crippen molar-refractivity contribution in [3.63, 3.8) is 0 Å². The van der Waals surface area contributed by atoms with Crippen LogP contribution in [0.25, 0.3) is 0 Å². The summed E-state index contributed by atoms with van der Waals surface area (Å²) in [6, 6.07) is 11.0. The minimum atomic E-state index is 0.259. The number of nitrogens with zero attached hydrogens (tertiary/aromatic N) is 3. The molecule has 158 valence electrons. The highest BCUT2D eigenvalue weighted by Gasteiger charge is 2.16. The molecule has 0 spiro atoms. The number of nitrogens with one attached hydrogen (secondary N) is 2. The maximum absolute atomic E-state index is 5.18. The normalized spacial score (nSPS) is 17.5. The molecule has 1 aliphatic heterocycles. The summed E-state index contributed by atoms with van der Waals surface area (Å²) in [5.74, 6) is 0.890. The molecule has 6 heteroatoms. The average molecular weight is 390 g/mol. The van der Waals surface area contributed by atoms with Gasteiger partial charge in [-0.25, -0.2) is 0 Å². The van der Waals surface area contributed by atoms with E-state index in [0.717, 1.165) is 32.0 Å². The SMILES string of the molecule is CCNC(=NCCCCN1CCN(Cc2ccccc2)CC1)NC(C)COC. The van der Waals surface area contributed by atoms with Gasteiger partial charge in [-0.05, 0) is 38.8 Å². The van der Waals surface area contributed by atoms with E-state index >= 15 is 0 Å². The summed E-state index contributed by atoms with van der Waals surface area (Å²) in [6.45, 7) is 13.6. The van der Waals surface area contributed by atoms with Gasteiger partial charge in [0.1, 0.15) is 0 Å². The summed E-state index contributed by atoms with van der Waals surface area (Å²) in [5.41, 5.74) is 1.42. The van der Waals surface area contributed by atoms with Crippen LogP contribution >= 0.6 is 0 Å². The second kappa shape index (κ2) is 13.5. The summed E-state index contributed by atoms with van der Waals surface area (Å²) in [7, 11) is 1.73. The van der Waals surface area contributed by atoms with E-state index in [0.29, 0.717) is 6.61 Å². The molecule has 2 rings (SSSR count). The number of rotatable bonds is 11. The van der Waals surface area contributed by atoms with Crippen LogP contribution in [-0.4, -0.2) is 81.3 Å². The lowest BCUT2D eigenvalue weighted by Crippen LogP contribution is -2.46. The Labute approximate surface area is 171 Å². The van der Waals surface area contributed by atoms with Crippen LogP contribution in [0, 0.1) is 0 Å². The standard InChI is InChI=1S/C22H39N5O/c1-4-23-22(25-20(2)19-28-3)24-12-8-9-13-26-14-16-27(17-15-26)18-21-10-6-5-7-11-21/h5-7,10-11,20H,4,8-9,12-19H2,1-3H3,(H2,23,24,25). The first-order chi connectivity index (χ1) is 13.7. The first kappa shape index (κ1) is 22.7. The van der Waals surface area contributed by atoms with E-state index < -0.39 is 0 Å². The number of ether oxygens (including phenoxy) is 1. The molecular weight excluding hydrogens is 350 g/mol. The summed E-state index contributed by atoms with van der Waals surface area (Å²) < 4.78 is 5.18. The molecule has 1 aliphatic rings. The van der Waals surface area contributed by atoms with Crippen LogP contribution in [0.1, 0.15) is 32.3 Å². The molecule has 1 fully saturated rings. The molecule has 0 bridgehead atoms. The molecule has 1 heterocycles. The highest BCUT2D eigenvalue weighted by Crippen LogP contribution is 2.09. The third kappa shape index (κ3) is 9.04. The Morgan fingerprint density at radius 1 is 1.11 bits per heavy atom. The van der Waals surface area contributed by atoms with Gasteiger partial charge in [0.25, 0.3) is 0 Å². The molecular formula is C22H39N5O. The molecule has 1 unspecified atom stereocenters. The van der Waals surface area contributed by atoms with Crippen LogP contribution < -0.4 is 10.6 Å². The summed E-state index contributed by atoms with van der Waals surface area (Å²) >= 11 is 0. The lowest BCUT2D eigenvalue weighted by atomic mass is 10.2. The first-order valence-electron chi connectivity index (χ1n) is 10.7. The van der Waals surface area contributed by atoms with E-state index in [-0.39, 0.29) is 6.04 Å². The number of hydrogen-bond donors (Lipinski definition) is 2. The molecule has 0 radical (unpaired) electrons. The predicted molar refractivity (Wildman–Crippen MR) is 118 cm³/mol. The zero-order valence-corrected chi connectivity index (χ0v) is 18.0. The van der Waals surface area contributed by atoms with Gasteiger partial charge >= 0.3 is 0 Å². The van der Waals surface area contributed by atoms with Gasteiger partial charge in [-0.15, -0.1) is 0 Å². The highest BCUT2D eigenvalue weighted by atomic mass is 16.5. The molecule has 1 saturated heterocycles. The van der Waals surface area contributed by atoms with Crippen molar-refractivity contribution in [2.75, 3.05) is 59.5 Å². The van der Waals surface area contributed by atoms with Crippen molar-refractivity contribution in [3.05, 3.63) is 35.9 Å². The van der Waals surface area contributed by atoms with Gasteiger partial charge in [0, 0.05) is 59.0 Å². The fourth-order valence-corrected chi connectivity index (χ4v) is 3.50. The number of unbranched alkanes of at least 4 members (excludes halogenated alkanes) is 1. The van der Waals surface area contributed by atoms with Crippen LogP contribution in [0.2, 0.25) is 0 Å². The number of methoxy groups -OCH3 is 1. The molecule has 28 heavy (non-hydrogen) atoms. The molecule has 0 amide bonds. The van der Waals surface area contributed by atoms with Crippen LogP contribution in [0.15, 0.2) is 35.3 Å². The fraction of sp³-hybridized carbons (Fsp3) is 0.682. The van der Waals surface area contributed by atoms with Crippen LogP contribution in [-0.2, 0) is 11.3 Å². The van der Waals surface area contributed by atoms with Gasteiger partial charge in [0.2, 0.25) is 0 Å². The minimum Gasteiger partial charge on any atom is -0.383 e. The zero-order chi connectivity index (χ0) is 20.0. The van der Waals surface area contributed by atoms with E-state index in [1.165, 1.54) is 44.7 Å². The molecule has 1 aromatic carbocycles. The van der Waals surface area contributed by atoms with Crippen molar-refractivity contribution in [3.8, 4) is 0 Å². The van der Waals surface area contributed by atoms with Crippen LogP contribution in [0.4, 0.5) is 0 Å². The van der Waals surface area contributed by atoms with Gasteiger partial charge in [-0.1, -0.05) is 30.3 Å². The van der Waals surface area contributed by atoms with E-state index in [1.54, 1.807) is 7.11 Å². The van der Waals surface area contributed by atoms with Gasteiger partial charge in [-0.2, -0.15) is 0 Å². The Morgan fingerprint density at radius 3 is 2.50 bits per heavy atom. The molecule has 1 aromatic rings. The number of benzene rings is 1. The molecule has 2 N–H and O–H groups in total. The van der Waals surface area contributed by atoms with E-state index in [1.807, 2.05) is 0 Å². The van der Waals surface area contributed by atoms with Crippen molar-refractivity contribution in [1.82, 2.24) is 20.4 Å². The third-order valence-corrected chi connectivity index (χ3v) is 5.01. The van der Waals surface area contributed by atoms with Crippen LogP contribution in [0.5, 0.6) is 0 Å². The first-order valence-corrected chi connectivity index (χ1v) is 10.7. The van der Waals surface area contributed by atoms with Gasteiger partial charge < -0.3 is 20.3 Å². The fourth-order valence-electron chi connectivity index (χ4n) is 3.50. The maximum atomic E-state index is 5.18. The van der Waals surface area contributed by atoms with Crippen molar-refractivity contribution in [2.45, 2.75) is 39.3 Å². The van der Waals surface area contributed by atoms with E-state index in [9.17, 15) is 0 Å². The largest absolute Gasteiger partial charge is 0.383 e. The van der Waals surface area contributed by atoms with E-state index in [2.05, 4.69) is 69.6 Å². The van der Waals surface area contributed by atoms with E-state index in [4.69, 9.17) is 4.74 Å². The van der Waals surface area contributed by atoms with Crippen molar-refractivity contribution >= 4 is 5.96 Å². The van der Waals surface area contributed by atoms with Gasteiger partial charge in [0.15, 0.2) is 5.96 Å². The Bertz CT molecular complexity index is 543. The Hall–Kier alpha value is -1.63. The molecule has 0 aliphatic carbocycles. The number of hydrogen-bond acceptors (Lipinski definition) is 4. The molecule has 6 nitrogen and oxygen atoms in total. The smallest absolute Gasteiger partial charge is 0.191 e. The Morgan fingerprint density at radius 2 is 1.82 bits per heavy atom.